The molecule has 16 heavy (non-hydrogen) atoms. The molecule has 90 valence electrons. The highest BCUT2D eigenvalue weighted by atomic mass is 19.1. The summed E-state index contributed by atoms with van der Waals surface area (Å²) in [5, 5.41) is 5.95. The lowest BCUT2D eigenvalue weighted by atomic mass is 10.2. The van der Waals surface area contributed by atoms with Crippen LogP contribution in [0.15, 0.2) is 12.1 Å². The van der Waals surface area contributed by atoms with Crippen molar-refractivity contribution < 1.29 is 13.5 Å². The lowest BCUT2D eigenvalue weighted by Crippen LogP contribution is -2.24. The minimum atomic E-state index is -0.547. The Morgan fingerprint density at radius 1 is 1.19 bits per heavy atom. The van der Waals surface area contributed by atoms with Crippen LogP contribution in [0.4, 0.5) is 8.78 Å². The Morgan fingerprint density at radius 3 is 2.56 bits per heavy atom. The molecule has 0 saturated carbocycles. The van der Waals surface area contributed by atoms with Crippen LogP contribution in [0.1, 0.15) is 5.56 Å². The number of rotatable bonds is 6. The van der Waals surface area contributed by atoms with Gasteiger partial charge in [0.05, 0.1) is 7.11 Å². The van der Waals surface area contributed by atoms with Crippen LogP contribution in [0, 0.1) is 11.6 Å². The summed E-state index contributed by atoms with van der Waals surface area (Å²) in [6, 6.07) is 2.21. The highest BCUT2D eigenvalue weighted by molar-refractivity contribution is 5.30. The molecular weight excluding hydrogens is 214 g/mol. The summed E-state index contributed by atoms with van der Waals surface area (Å²) in [6.07, 6.45) is 0. The van der Waals surface area contributed by atoms with E-state index in [-0.39, 0.29) is 5.75 Å². The van der Waals surface area contributed by atoms with Crippen molar-refractivity contribution in [2.75, 3.05) is 27.2 Å². The first-order valence-corrected chi connectivity index (χ1v) is 5.06. The van der Waals surface area contributed by atoms with E-state index in [1.807, 2.05) is 7.05 Å². The summed E-state index contributed by atoms with van der Waals surface area (Å²) < 4.78 is 31.4. The van der Waals surface area contributed by atoms with Crippen molar-refractivity contribution >= 4 is 0 Å². The van der Waals surface area contributed by atoms with Crippen molar-refractivity contribution in [3.63, 3.8) is 0 Å². The van der Waals surface area contributed by atoms with E-state index >= 15 is 0 Å². The predicted octanol–water partition coefficient (Wildman–Crippen LogP) is 1.28. The lowest BCUT2D eigenvalue weighted by molar-refractivity contribution is 0.381. The maximum atomic E-state index is 13.4. The van der Waals surface area contributed by atoms with Gasteiger partial charge in [0, 0.05) is 31.3 Å². The number of nitrogens with one attached hydrogen (secondary N) is 2. The number of methoxy groups -OCH3 is 1. The van der Waals surface area contributed by atoms with Gasteiger partial charge < -0.3 is 15.4 Å². The first kappa shape index (κ1) is 12.9. The molecule has 0 aromatic heterocycles. The fourth-order valence-corrected chi connectivity index (χ4v) is 1.30. The maximum Gasteiger partial charge on any atom is 0.165 e. The number of halogens is 2. The van der Waals surface area contributed by atoms with E-state index < -0.39 is 11.6 Å². The van der Waals surface area contributed by atoms with E-state index in [1.165, 1.54) is 7.11 Å². The van der Waals surface area contributed by atoms with Crippen molar-refractivity contribution in [2.45, 2.75) is 6.54 Å². The van der Waals surface area contributed by atoms with E-state index in [2.05, 4.69) is 15.4 Å². The summed E-state index contributed by atoms with van der Waals surface area (Å²) in [6.45, 7) is 1.78. The smallest absolute Gasteiger partial charge is 0.165 e. The molecule has 0 saturated heterocycles. The number of benzene rings is 1. The van der Waals surface area contributed by atoms with Crippen LogP contribution in [0.25, 0.3) is 0 Å². The fourth-order valence-electron chi connectivity index (χ4n) is 1.30. The molecule has 0 bridgehead atoms. The second kappa shape index (κ2) is 6.40. The second-order valence-electron chi connectivity index (χ2n) is 3.36. The third-order valence-corrected chi connectivity index (χ3v) is 2.19. The molecule has 3 nitrogen and oxygen atoms in total. The summed E-state index contributed by atoms with van der Waals surface area (Å²) >= 11 is 0. The summed E-state index contributed by atoms with van der Waals surface area (Å²) in [5.41, 5.74) is 0.300. The molecule has 2 N–H and O–H groups in total. The zero-order chi connectivity index (χ0) is 12.0. The van der Waals surface area contributed by atoms with Crippen LogP contribution >= 0.6 is 0 Å². The van der Waals surface area contributed by atoms with E-state index in [9.17, 15) is 8.78 Å². The monoisotopic (exact) mass is 230 g/mol. The molecule has 0 aliphatic carbocycles. The van der Waals surface area contributed by atoms with Gasteiger partial charge in [-0.3, -0.25) is 0 Å². The highest BCUT2D eigenvalue weighted by Gasteiger charge is 2.09. The van der Waals surface area contributed by atoms with Gasteiger partial charge in [-0.15, -0.1) is 0 Å². The quantitative estimate of drug-likeness (QED) is 0.722. The molecule has 0 aliphatic rings. The Labute approximate surface area is 93.8 Å². The Balaban J connectivity index is 2.63. The first-order valence-electron chi connectivity index (χ1n) is 5.06. The van der Waals surface area contributed by atoms with E-state index in [1.54, 1.807) is 0 Å². The fraction of sp³-hybridized carbons (Fsp3) is 0.455. The molecule has 1 aromatic carbocycles. The van der Waals surface area contributed by atoms with Crippen LogP contribution in [0.2, 0.25) is 0 Å². The molecule has 0 spiro atoms. The van der Waals surface area contributed by atoms with Gasteiger partial charge in [0.25, 0.3) is 0 Å². The highest BCUT2D eigenvalue weighted by Crippen LogP contribution is 2.20. The van der Waals surface area contributed by atoms with Crippen molar-refractivity contribution in [3.05, 3.63) is 29.3 Å². The molecule has 0 unspecified atom stereocenters. The van der Waals surface area contributed by atoms with Gasteiger partial charge >= 0.3 is 0 Å². The first-order chi connectivity index (χ1) is 7.69. The van der Waals surface area contributed by atoms with Crippen LogP contribution in [-0.4, -0.2) is 27.2 Å². The molecular formula is C11H16F2N2O. The Morgan fingerprint density at radius 2 is 1.94 bits per heavy atom. The van der Waals surface area contributed by atoms with Gasteiger partial charge in [0.2, 0.25) is 0 Å². The van der Waals surface area contributed by atoms with E-state index in [0.29, 0.717) is 18.7 Å². The Kier molecular flexibility index (Phi) is 5.14. The number of hydrogen-bond acceptors (Lipinski definition) is 3. The minimum absolute atomic E-state index is 0.0727. The topological polar surface area (TPSA) is 33.3 Å². The molecule has 0 amide bonds. The SMILES string of the molecule is CNCCNCc1cc(F)c(OC)cc1F. The lowest BCUT2D eigenvalue weighted by Gasteiger charge is -2.08. The van der Waals surface area contributed by atoms with Crippen LogP contribution < -0.4 is 15.4 Å². The van der Waals surface area contributed by atoms with E-state index in [0.717, 1.165) is 18.7 Å². The number of ether oxygens (including phenoxy) is 1. The number of likely N-dealkylation sites (N-methyl/N-ethyl adjacent to an activating group) is 1. The molecule has 1 aromatic rings. The molecule has 0 fully saturated rings. The molecule has 1 rings (SSSR count). The zero-order valence-corrected chi connectivity index (χ0v) is 9.44. The molecule has 0 radical (unpaired) electrons. The van der Waals surface area contributed by atoms with Crippen molar-refractivity contribution in [1.29, 1.82) is 0 Å². The Bertz CT molecular complexity index is 345. The number of hydrogen-bond donors (Lipinski definition) is 2. The molecule has 0 heterocycles. The summed E-state index contributed by atoms with van der Waals surface area (Å²) in [7, 11) is 3.14. The zero-order valence-electron chi connectivity index (χ0n) is 9.44. The van der Waals surface area contributed by atoms with Gasteiger partial charge in [0.1, 0.15) is 5.82 Å². The van der Waals surface area contributed by atoms with Crippen LogP contribution in [-0.2, 0) is 6.54 Å². The van der Waals surface area contributed by atoms with Crippen molar-refractivity contribution in [3.8, 4) is 5.75 Å². The van der Waals surface area contributed by atoms with Gasteiger partial charge in [-0.05, 0) is 13.1 Å². The molecule has 0 aliphatic heterocycles. The van der Waals surface area contributed by atoms with Crippen molar-refractivity contribution in [2.24, 2.45) is 0 Å². The van der Waals surface area contributed by atoms with E-state index in [4.69, 9.17) is 0 Å². The Hall–Kier alpha value is -1.20. The average Bonchev–Trinajstić information content (AvgIpc) is 2.28. The maximum absolute atomic E-state index is 13.4. The van der Waals surface area contributed by atoms with Gasteiger partial charge in [-0.1, -0.05) is 0 Å². The molecule has 0 atom stereocenters. The summed E-state index contributed by atoms with van der Waals surface area (Å²) in [5.74, 6) is -1.08. The van der Waals surface area contributed by atoms with Gasteiger partial charge in [0.15, 0.2) is 11.6 Å². The van der Waals surface area contributed by atoms with Crippen LogP contribution in [0.5, 0.6) is 5.75 Å². The second-order valence-corrected chi connectivity index (χ2v) is 3.36. The third-order valence-electron chi connectivity index (χ3n) is 2.19. The minimum Gasteiger partial charge on any atom is -0.494 e. The standard InChI is InChI=1S/C11H16F2N2O/c1-14-3-4-15-7-8-5-10(13)11(16-2)6-9(8)12/h5-6,14-15H,3-4,7H2,1-2H3. The van der Waals surface area contributed by atoms with Gasteiger partial charge in [-0.25, -0.2) is 8.78 Å². The third kappa shape index (κ3) is 3.43. The normalized spacial score (nSPS) is 10.5. The van der Waals surface area contributed by atoms with Gasteiger partial charge in [-0.2, -0.15) is 0 Å². The largest absolute Gasteiger partial charge is 0.494 e. The average molecular weight is 230 g/mol. The summed E-state index contributed by atoms with van der Waals surface area (Å²) in [4.78, 5) is 0. The predicted molar refractivity (Wildman–Crippen MR) is 58.5 cm³/mol. The molecule has 5 heteroatoms. The van der Waals surface area contributed by atoms with Crippen molar-refractivity contribution in [1.82, 2.24) is 10.6 Å². The van der Waals surface area contributed by atoms with Crippen LogP contribution in [0.3, 0.4) is 0 Å².